The van der Waals surface area contributed by atoms with Gasteiger partial charge in [0, 0.05) is 36.6 Å². The third-order valence-electron chi connectivity index (χ3n) is 5.66. The Labute approximate surface area is 207 Å². The maximum atomic E-state index is 13.0. The van der Waals surface area contributed by atoms with Crippen LogP contribution < -0.4 is 5.32 Å². The lowest BCUT2D eigenvalue weighted by Crippen LogP contribution is -2.30. The average Bonchev–Trinajstić information content (AvgIpc) is 3.19. The Morgan fingerprint density at radius 2 is 1.76 bits per heavy atom. The molecule has 0 aliphatic heterocycles. The minimum absolute atomic E-state index is 0.0243. The van der Waals surface area contributed by atoms with E-state index in [1.807, 2.05) is 78.3 Å². The summed E-state index contributed by atoms with van der Waals surface area (Å²) in [5.41, 5.74) is 3.52. The van der Waals surface area contributed by atoms with Crippen molar-refractivity contribution in [2.24, 2.45) is 0 Å². The highest BCUT2D eigenvalue weighted by atomic mass is 79.9. The first-order chi connectivity index (χ1) is 16.5. The molecule has 0 spiro atoms. The minimum atomic E-state index is -0.104. The number of benzene rings is 3. The molecule has 0 aliphatic carbocycles. The van der Waals surface area contributed by atoms with Gasteiger partial charge in [-0.25, -0.2) is 4.98 Å². The topological polar surface area (TPSA) is 67.2 Å². The van der Waals surface area contributed by atoms with Gasteiger partial charge in [0.2, 0.25) is 5.91 Å². The van der Waals surface area contributed by atoms with Crippen molar-refractivity contribution < 1.29 is 9.59 Å². The third kappa shape index (κ3) is 5.91. The van der Waals surface area contributed by atoms with Gasteiger partial charge in [0.15, 0.2) is 0 Å². The van der Waals surface area contributed by atoms with Crippen LogP contribution in [0.1, 0.15) is 28.2 Å². The van der Waals surface area contributed by atoms with E-state index in [1.54, 1.807) is 17.0 Å². The van der Waals surface area contributed by atoms with Gasteiger partial charge in [-0.3, -0.25) is 9.59 Å². The monoisotopic (exact) mass is 518 g/mol. The van der Waals surface area contributed by atoms with Gasteiger partial charge < -0.3 is 14.8 Å². The van der Waals surface area contributed by atoms with Gasteiger partial charge in [0.05, 0.1) is 11.0 Å². The Bertz CT molecular complexity index is 1290. The van der Waals surface area contributed by atoms with Crippen molar-refractivity contribution >= 4 is 38.8 Å². The molecular formula is C27H27BrN4O2. The van der Waals surface area contributed by atoms with Crippen molar-refractivity contribution in [3.8, 4) is 0 Å². The fourth-order valence-electron chi connectivity index (χ4n) is 3.87. The van der Waals surface area contributed by atoms with Crippen LogP contribution in [0.25, 0.3) is 11.0 Å². The number of rotatable bonds is 9. The number of hydrogen-bond acceptors (Lipinski definition) is 3. The zero-order chi connectivity index (χ0) is 23.9. The summed E-state index contributed by atoms with van der Waals surface area (Å²) in [5, 5.41) is 2.96. The van der Waals surface area contributed by atoms with E-state index in [-0.39, 0.29) is 18.4 Å². The summed E-state index contributed by atoms with van der Waals surface area (Å²) in [6.07, 6.45) is 1.38. The largest absolute Gasteiger partial charge is 0.352 e. The van der Waals surface area contributed by atoms with Crippen LogP contribution in [0.15, 0.2) is 83.3 Å². The third-order valence-corrected chi connectivity index (χ3v) is 6.16. The summed E-state index contributed by atoms with van der Waals surface area (Å²) in [6, 6.07) is 25.1. The molecule has 4 rings (SSSR count). The number of nitrogens with one attached hydrogen (secondary N) is 1. The zero-order valence-electron chi connectivity index (χ0n) is 19.1. The highest BCUT2D eigenvalue weighted by Crippen LogP contribution is 2.18. The van der Waals surface area contributed by atoms with Crippen LogP contribution in [0.4, 0.5) is 0 Å². The van der Waals surface area contributed by atoms with Crippen molar-refractivity contribution in [1.82, 2.24) is 19.8 Å². The van der Waals surface area contributed by atoms with Gasteiger partial charge in [0.1, 0.15) is 12.4 Å². The lowest BCUT2D eigenvalue weighted by atomic mass is 10.2. The van der Waals surface area contributed by atoms with E-state index >= 15 is 0 Å². The molecule has 1 aromatic heterocycles. The number of aromatic nitrogens is 2. The van der Waals surface area contributed by atoms with Crippen LogP contribution >= 0.6 is 15.9 Å². The number of amides is 2. The second kappa shape index (κ2) is 11.1. The quantitative estimate of drug-likeness (QED) is 0.323. The lowest BCUT2D eigenvalue weighted by Gasteiger charge is -2.19. The molecule has 174 valence electrons. The van der Waals surface area contributed by atoms with Gasteiger partial charge in [0.25, 0.3) is 5.91 Å². The van der Waals surface area contributed by atoms with Crippen LogP contribution in [0.5, 0.6) is 0 Å². The van der Waals surface area contributed by atoms with Crippen molar-refractivity contribution in [1.29, 1.82) is 0 Å². The summed E-state index contributed by atoms with van der Waals surface area (Å²) < 4.78 is 2.87. The summed E-state index contributed by atoms with van der Waals surface area (Å²) >= 11 is 3.39. The molecule has 0 saturated carbocycles. The van der Waals surface area contributed by atoms with Gasteiger partial charge >= 0.3 is 0 Å². The smallest absolute Gasteiger partial charge is 0.251 e. The normalized spacial score (nSPS) is 10.9. The number of halogens is 1. The Kier molecular flexibility index (Phi) is 7.75. The molecule has 0 atom stereocenters. The predicted octanol–water partition coefficient (Wildman–Crippen LogP) is 4.82. The van der Waals surface area contributed by atoms with Crippen LogP contribution in [-0.4, -0.2) is 39.9 Å². The second-order valence-corrected chi connectivity index (χ2v) is 9.12. The molecule has 34 heavy (non-hydrogen) atoms. The highest BCUT2D eigenvalue weighted by Gasteiger charge is 2.16. The van der Waals surface area contributed by atoms with Gasteiger partial charge in [-0.2, -0.15) is 0 Å². The van der Waals surface area contributed by atoms with Gasteiger partial charge in [-0.15, -0.1) is 0 Å². The standard InChI is InChI=1S/C27H27BrN4O2/c1-31(18-20-9-3-2-4-10-20)26(33)19-32-24-14-6-5-13-23(24)30-25(32)15-8-16-29-27(34)21-11-7-12-22(28)17-21/h2-7,9-14,17H,8,15-16,18-19H2,1H3,(H,29,34). The molecule has 2 amide bonds. The molecule has 1 heterocycles. The lowest BCUT2D eigenvalue weighted by molar-refractivity contribution is -0.131. The molecule has 0 aliphatic rings. The number of aryl methyl sites for hydroxylation is 1. The van der Waals surface area contributed by atoms with E-state index in [2.05, 4.69) is 21.2 Å². The van der Waals surface area contributed by atoms with Crippen LogP contribution in [0.3, 0.4) is 0 Å². The fraction of sp³-hybridized carbons (Fsp3) is 0.222. The van der Waals surface area contributed by atoms with Crippen molar-refractivity contribution in [2.75, 3.05) is 13.6 Å². The zero-order valence-corrected chi connectivity index (χ0v) is 20.7. The molecule has 0 fully saturated rings. The Hall–Kier alpha value is -3.45. The number of para-hydroxylation sites is 2. The van der Waals surface area contributed by atoms with Crippen LogP contribution in [0, 0.1) is 0 Å². The molecule has 7 heteroatoms. The van der Waals surface area contributed by atoms with Crippen molar-refractivity contribution in [3.05, 3.63) is 100 Å². The molecule has 4 aromatic rings. The number of carbonyl (C=O) groups excluding carboxylic acids is 2. The molecule has 0 radical (unpaired) electrons. The van der Waals surface area contributed by atoms with E-state index in [0.717, 1.165) is 33.3 Å². The number of likely N-dealkylation sites (N-methyl/N-ethyl adjacent to an activating group) is 1. The number of fused-ring (bicyclic) bond motifs is 1. The first kappa shape index (κ1) is 23.7. The van der Waals surface area contributed by atoms with Crippen molar-refractivity contribution in [3.63, 3.8) is 0 Å². The van der Waals surface area contributed by atoms with Gasteiger partial charge in [-0.1, -0.05) is 64.5 Å². The van der Waals surface area contributed by atoms with E-state index < -0.39 is 0 Å². The highest BCUT2D eigenvalue weighted by molar-refractivity contribution is 9.10. The summed E-state index contributed by atoms with van der Waals surface area (Å²) in [4.78, 5) is 31.9. The molecule has 6 nitrogen and oxygen atoms in total. The number of carbonyl (C=O) groups is 2. The predicted molar refractivity (Wildman–Crippen MR) is 137 cm³/mol. The van der Waals surface area contributed by atoms with E-state index in [4.69, 9.17) is 4.98 Å². The number of nitrogens with zero attached hydrogens (tertiary/aromatic N) is 3. The molecule has 0 saturated heterocycles. The van der Waals surface area contributed by atoms with Crippen LogP contribution in [0.2, 0.25) is 0 Å². The summed E-state index contributed by atoms with van der Waals surface area (Å²) in [6.45, 7) is 1.31. The molecule has 0 unspecified atom stereocenters. The van der Waals surface area contributed by atoms with Crippen LogP contribution in [-0.2, 0) is 24.3 Å². The molecular weight excluding hydrogens is 492 g/mol. The minimum Gasteiger partial charge on any atom is -0.352 e. The SMILES string of the molecule is CN(Cc1ccccc1)C(=O)Cn1c(CCCNC(=O)c2cccc(Br)c2)nc2ccccc21. The van der Waals surface area contributed by atoms with E-state index in [9.17, 15) is 9.59 Å². The Morgan fingerprint density at radius 3 is 2.56 bits per heavy atom. The Balaban J connectivity index is 1.40. The second-order valence-electron chi connectivity index (χ2n) is 8.21. The maximum Gasteiger partial charge on any atom is 0.251 e. The first-order valence-electron chi connectivity index (χ1n) is 11.3. The molecule has 3 aromatic carbocycles. The molecule has 0 bridgehead atoms. The fourth-order valence-corrected chi connectivity index (χ4v) is 4.27. The summed E-state index contributed by atoms with van der Waals surface area (Å²) in [5.74, 6) is 0.767. The Morgan fingerprint density at radius 1 is 1.00 bits per heavy atom. The van der Waals surface area contributed by atoms with E-state index in [1.165, 1.54) is 0 Å². The average molecular weight is 519 g/mol. The molecule has 1 N–H and O–H groups in total. The first-order valence-corrected chi connectivity index (χ1v) is 12.1. The summed E-state index contributed by atoms with van der Waals surface area (Å²) in [7, 11) is 1.82. The van der Waals surface area contributed by atoms with Crippen molar-refractivity contribution in [2.45, 2.75) is 25.9 Å². The van der Waals surface area contributed by atoms with E-state index in [0.29, 0.717) is 25.1 Å². The number of imidazole rings is 1. The van der Waals surface area contributed by atoms with Gasteiger partial charge in [-0.05, 0) is 42.3 Å². The number of hydrogen-bond donors (Lipinski definition) is 1. The maximum absolute atomic E-state index is 13.0.